The Bertz CT molecular complexity index is 731. The third kappa shape index (κ3) is 3.87. The fourth-order valence-electron chi connectivity index (χ4n) is 1.68. The molecule has 0 aromatic carbocycles. The van der Waals surface area contributed by atoms with Crippen LogP contribution in [0, 0.1) is 11.8 Å². The second kappa shape index (κ2) is 6.62. The Morgan fingerprint density at radius 1 is 1.38 bits per heavy atom. The van der Waals surface area contributed by atoms with Crippen molar-refractivity contribution in [2.24, 2.45) is 0 Å². The molecule has 0 saturated carbocycles. The molecule has 0 amide bonds. The van der Waals surface area contributed by atoms with E-state index in [-0.39, 0.29) is 0 Å². The lowest BCUT2D eigenvalue weighted by Crippen LogP contribution is -2.07. The van der Waals surface area contributed by atoms with Gasteiger partial charge in [-0.2, -0.15) is 0 Å². The minimum absolute atomic E-state index is 0.852. The zero-order chi connectivity index (χ0) is 15.2. The maximum absolute atomic E-state index is 4.28. The van der Waals surface area contributed by atoms with E-state index in [9.17, 15) is 0 Å². The monoisotopic (exact) mass is 277 g/mol. The Kier molecular flexibility index (Phi) is 4.63. The van der Waals surface area contributed by atoms with Gasteiger partial charge in [-0.1, -0.05) is 18.6 Å². The van der Waals surface area contributed by atoms with Gasteiger partial charge in [0.2, 0.25) is 0 Å². The molecule has 2 aromatic rings. The first-order valence-electron chi connectivity index (χ1n) is 6.74. The number of nitrogens with one attached hydrogen (secondary N) is 1. The van der Waals surface area contributed by atoms with E-state index in [1.807, 2.05) is 56.3 Å². The van der Waals surface area contributed by atoms with Crippen molar-refractivity contribution in [3.05, 3.63) is 66.2 Å². The molecule has 0 spiro atoms. The number of aromatic nitrogens is 2. The van der Waals surface area contributed by atoms with Gasteiger partial charge in [-0.25, -0.2) is 0 Å². The first-order chi connectivity index (χ1) is 10.1. The second-order valence-electron chi connectivity index (χ2n) is 4.90. The zero-order valence-electron chi connectivity index (χ0n) is 12.6. The molecular formula is C18H19N3. The summed E-state index contributed by atoms with van der Waals surface area (Å²) >= 11 is 0. The highest BCUT2D eigenvalue weighted by atomic mass is 15.1. The molecule has 106 valence electrons. The van der Waals surface area contributed by atoms with Crippen molar-refractivity contribution in [3.8, 4) is 11.8 Å². The molecule has 0 fully saturated rings. The molecule has 3 heteroatoms. The van der Waals surface area contributed by atoms with Gasteiger partial charge in [0.1, 0.15) is 0 Å². The molecule has 0 aliphatic carbocycles. The van der Waals surface area contributed by atoms with Crippen molar-refractivity contribution in [2.45, 2.75) is 6.92 Å². The summed E-state index contributed by atoms with van der Waals surface area (Å²) in [6, 6.07) is 5.84. The average Bonchev–Trinajstić information content (AvgIpc) is 2.89. The lowest BCUT2D eigenvalue weighted by molar-refractivity contribution is 0.514. The second-order valence-corrected chi connectivity index (χ2v) is 4.90. The van der Waals surface area contributed by atoms with Crippen LogP contribution < -0.4 is 0 Å². The van der Waals surface area contributed by atoms with Crippen molar-refractivity contribution < 1.29 is 0 Å². The van der Waals surface area contributed by atoms with E-state index >= 15 is 0 Å². The van der Waals surface area contributed by atoms with Crippen molar-refractivity contribution >= 4 is 11.0 Å². The van der Waals surface area contributed by atoms with E-state index in [1.54, 1.807) is 12.3 Å². The number of pyridine rings is 1. The van der Waals surface area contributed by atoms with Crippen LogP contribution in [0.25, 0.3) is 11.0 Å². The standard InChI is InChI=1S/C18H19N3/c1-5-15(9-8-14(2)21(3)4)10-11-16-13-18-17(20-16)7-6-12-19-18/h5-9,12-13,20H,1H2,2-4H3/b14-8+,15-9+. The minimum Gasteiger partial charge on any atom is -0.381 e. The third-order valence-electron chi connectivity index (χ3n) is 3.16. The molecule has 0 unspecified atom stereocenters. The van der Waals surface area contributed by atoms with E-state index in [4.69, 9.17) is 0 Å². The SMILES string of the molecule is C=C/C(C#Cc1cc2ncccc2[nH]1)=C\C=C(/C)N(C)C. The number of allylic oxidation sites excluding steroid dienone is 5. The van der Waals surface area contributed by atoms with Gasteiger partial charge in [-0.3, -0.25) is 4.98 Å². The van der Waals surface area contributed by atoms with E-state index in [2.05, 4.69) is 28.4 Å². The summed E-state index contributed by atoms with van der Waals surface area (Å²) in [6.45, 7) is 5.85. The van der Waals surface area contributed by atoms with Crippen LogP contribution in [0.5, 0.6) is 0 Å². The predicted octanol–water partition coefficient (Wildman–Crippen LogP) is 3.49. The van der Waals surface area contributed by atoms with E-state index in [0.717, 1.165) is 28.0 Å². The van der Waals surface area contributed by atoms with Gasteiger partial charge in [0.05, 0.1) is 16.7 Å². The Hall–Kier alpha value is -2.73. The van der Waals surface area contributed by atoms with Crippen molar-refractivity contribution in [1.29, 1.82) is 0 Å². The summed E-state index contributed by atoms with van der Waals surface area (Å²) in [5.41, 5.74) is 4.81. The van der Waals surface area contributed by atoms with E-state index in [1.165, 1.54) is 0 Å². The maximum Gasteiger partial charge on any atom is 0.0924 e. The Morgan fingerprint density at radius 3 is 2.86 bits per heavy atom. The lowest BCUT2D eigenvalue weighted by Gasteiger charge is -2.11. The minimum atomic E-state index is 0.852. The summed E-state index contributed by atoms with van der Waals surface area (Å²) in [6.07, 6.45) is 7.53. The number of H-pyrrole nitrogens is 1. The summed E-state index contributed by atoms with van der Waals surface area (Å²) in [7, 11) is 4.02. The molecule has 1 N–H and O–H groups in total. The normalized spacial score (nSPS) is 12.0. The fraction of sp³-hybridized carbons (Fsp3) is 0.167. The van der Waals surface area contributed by atoms with Crippen LogP contribution in [0.4, 0.5) is 0 Å². The smallest absolute Gasteiger partial charge is 0.0924 e. The average molecular weight is 277 g/mol. The maximum atomic E-state index is 4.28. The number of hydrogen-bond acceptors (Lipinski definition) is 2. The molecule has 0 aliphatic heterocycles. The fourth-order valence-corrected chi connectivity index (χ4v) is 1.68. The van der Waals surface area contributed by atoms with E-state index in [0.29, 0.717) is 0 Å². The van der Waals surface area contributed by atoms with Crippen LogP contribution >= 0.6 is 0 Å². The van der Waals surface area contributed by atoms with Crippen molar-refractivity contribution in [1.82, 2.24) is 14.9 Å². The van der Waals surface area contributed by atoms with Gasteiger partial charge in [-0.15, -0.1) is 0 Å². The third-order valence-corrected chi connectivity index (χ3v) is 3.16. The number of aromatic amines is 1. The molecule has 0 aliphatic rings. The van der Waals surface area contributed by atoms with Gasteiger partial charge < -0.3 is 9.88 Å². The largest absolute Gasteiger partial charge is 0.381 e. The zero-order valence-corrected chi connectivity index (χ0v) is 12.6. The summed E-state index contributed by atoms with van der Waals surface area (Å²) < 4.78 is 0. The highest BCUT2D eigenvalue weighted by Gasteiger charge is 1.97. The van der Waals surface area contributed by atoms with Crippen LogP contribution in [0.1, 0.15) is 12.6 Å². The highest BCUT2D eigenvalue weighted by Crippen LogP contribution is 2.11. The predicted molar refractivity (Wildman–Crippen MR) is 88.7 cm³/mol. The van der Waals surface area contributed by atoms with Gasteiger partial charge in [0.25, 0.3) is 0 Å². The van der Waals surface area contributed by atoms with Gasteiger partial charge in [0, 0.05) is 31.6 Å². The molecule has 0 saturated heterocycles. The number of hydrogen-bond donors (Lipinski definition) is 1. The Balaban J connectivity index is 2.25. The Labute approximate surface area is 125 Å². The summed E-state index contributed by atoms with van der Waals surface area (Å²) in [5, 5.41) is 0. The lowest BCUT2D eigenvalue weighted by atomic mass is 10.2. The van der Waals surface area contributed by atoms with Crippen molar-refractivity contribution in [3.63, 3.8) is 0 Å². The molecule has 0 radical (unpaired) electrons. The van der Waals surface area contributed by atoms with Crippen LogP contribution in [0.2, 0.25) is 0 Å². The summed E-state index contributed by atoms with van der Waals surface area (Å²) in [4.78, 5) is 9.57. The van der Waals surface area contributed by atoms with Gasteiger partial charge in [0.15, 0.2) is 0 Å². The van der Waals surface area contributed by atoms with Crippen LogP contribution in [-0.4, -0.2) is 29.0 Å². The summed E-state index contributed by atoms with van der Waals surface area (Å²) in [5.74, 6) is 6.22. The number of rotatable bonds is 3. The molecule has 21 heavy (non-hydrogen) atoms. The molecular weight excluding hydrogens is 258 g/mol. The first kappa shape index (κ1) is 14.7. The van der Waals surface area contributed by atoms with E-state index < -0.39 is 0 Å². The number of nitrogens with zero attached hydrogens (tertiary/aromatic N) is 2. The molecule has 2 aromatic heterocycles. The highest BCUT2D eigenvalue weighted by molar-refractivity contribution is 5.76. The van der Waals surface area contributed by atoms with Crippen LogP contribution in [-0.2, 0) is 0 Å². The topological polar surface area (TPSA) is 31.9 Å². The molecule has 0 bridgehead atoms. The molecule has 2 rings (SSSR count). The van der Waals surface area contributed by atoms with Crippen molar-refractivity contribution in [2.75, 3.05) is 14.1 Å². The molecule has 0 atom stereocenters. The molecule has 3 nitrogen and oxygen atoms in total. The quantitative estimate of drug-likeness (QED) is 0.688. The van der Waals surface area contributed by atoms with Crippen LogP contribution in [0.3, 0.4) is 0 Å². The first-order valence-corrected chi connectivity index (χ1v) is 6.74. The number of fused-ring (bicyclic) bond motifs is 1. The Morgan fingerprint density at radius 2 is 2.19 bits per heavy atom. The van der Waals surface area contributed by atoms with Crippen LogP contribution in [0.15, 0.2) is 60.5 Å². The molecule has 2 heterocycles. The van der Waals surface area contributed by atoms with Gasteiger partial charge >= 0.3 is 0 Å². The van der Waals surface area contributed by atoms with Gasteiger partial charge in [-0.05, 0) is 43.2 Å².